The van der Waals surface area contributed by atoms with Gasteiger partial charge < -0.3 is 10.6 Å². The third-order valence-corrected chi connectivity index (χ3v) is 4.05. The maximum absolute atomic E-state index is 12.4. The van der Waals surface area contributed by atoms with Crippen LogP contribution in [0.15, 0.2) is 67.0 Å². The zero-order valence-corrected chi connectivity index (χ0v) is 15.3. The quantitative estimate of drug-likeness (QED) is 0.719. The van der Waals surface area contributed by atoms with Crippen LogP contribution in [0.1, 0.15) is 37.4 Å². The molecule has 3 aromatic rings. The van der Waals surface area contributed by atoms with E-state index in [2.05, 4.69) is 15.6 Å². The van der Waals surface area contributed by atoms with Gasteiger partial charge in [-0.1, -0.05) is 35.9 Å². The average molecular weight is 370 g/mol. The maximum atomic E-state index is 12.4. The van der Waals surface area contributed by atoms with Gasteiger partial charge in [0.05, 0.1) is 22.8 Å². The van der Waals surface area contributed by atoms with Gasteiger partial charge in [-0.3, -0.25) is 14.6 Å². The third-order valence-electron chi connectivity index (χ3n) is 4.05. The summed E-state index contributed by atoms with van der Waals surface area (Å²) in [4.78, 5) is 28.8. The number of anilines is 1. The molecule has 0 bridgehead atoms. The van der Waals surface area contributed by atoms with E-state index in [1.165, 1.54) is 18.5 Å². The van der Waals surface area contributed by atoms with E-state index in [-0.39, 0.29) is 11.5 Å². The average Bonchev–Trinajstić information content (AvgIpc) is 2.72. The molecule has 0 saturated heterocycles. The number of nitrogens with zero attached hydrogens (tertiary/aromatic N) is 2. The number of nitriles is 1. The van der Waals surface area contributed by atoms with Crippen LogP contribution < -0.4 is 10.6 Å². The maximum Gasteiger partial charge on any atom is 0.257 e. The van der Waals surface area contributed by atoms with Crippen molar-refractivity contribution in [2.75, 3.05) is 5.32 Å². The highest BCUT2D eigenvalue weighted by atomic mass is 16.2. The van der Waals surface area contributed by atoms with Crippen molar-refractivity contribution in [1.29, 1.82) is 5.26 Å². The van der Waals surface area contributed by atoms with E-state index >= 15 is 0 Å². The van der Waals surface area contributed by atoms with Crippen molar-refractivity contribution in [2.24, 2.45) is 0 Å². The molecule has 0 fully saturated rings. The molecule has 0 spiro atoms. The van der Waals surface area contributed by atoms with Crippen LogP contribution in [0.25, 0.3) is 0 Å². The topological polar surface area (TPSA) is 94.9 Å². The summed E-state index contributed by atoms with van der Waals surface area (Å²) in [5.41, 5.74) is 3.61. The van der Waals surface area contributed by atoms with Gasteiger partial charge in [0.25, 0.3) is 11.8 Å². The Bertz CT molecular complexity index is 1070. The fourth-order valence-corrected chi connectivity index (χ4v) is 2.66. The lowest BCUT2D eigenvalue weighted by atomic mass is 10.1. The van der Waals surface area contributed by atoms with Crippen LogP contribution in [0.3, 0.4) is 0 Å². The Morgan fingerprint density at radius 2 is 1.75 bits per heavy atom. The lowest BCUT2D eigenvalue weighted by Crippen LogP contribution is -2.23. The molecule has 0 unspecified atom stereocenters. The highest BCUT2D eigenvalue weighted by molar-refractivity contribution is 6.05. The van der Waals surface area contributed by atoms with Crippen LogP contribution in [0.5, 0.6) is 0 Å². The summed E-state index contributed by atoms with van der Waals surface area (Å²) in [6.07, 6.45) is 2.81. The van der Waals surface area contributed by atoms with E-state index in [0.29, 0.717) is 23.4 Å². The van der Waals surface area contributed by atoms with Gasteiger partial charge in [-0.15, -0.1) is 0 Å². The Labute approximate surface area is 162 Å². The molecular formula is C22H18N4O2. The van der Waals surface area contributed by atoms with Crippen LogP contribution in [-0.4, -0.2) is 16.8 Å². The second kappa shape index (κ2) is 8.60. The van der Waals surface area contributed by atoms with Gasteiger partial charge in [0, 0.05) is 24.6 Å². The minimum Gasteiger partial charge on any atom is -0.348 e. The lowest BCUT2D eigenvalue weighted by molar-refractivity contribution is 0.0950. The normalized spacial score (nSPS) is 10.0. The first-order valence-electron chi connectivity index (χ1n) is 8.65. The molecule has 6 nitrogen and oxygen atoms in total. The third kappa shape index (κ3) is 4.80. The zero-order chi connectivity index (χ0) is 19.9. The summed E-state index contributed by atoms with van der Waals surface area (Å²) in [7, 11) is 0. The molecule has 0 aliphatic carbocycles. The molecule has 138 valence electrons. The molecule has 0 aliphatic rings. The number of aryl methyl sites for hydroxylation is 1. The number of amides is 2. The van der Waals surface area contributed by atoms with Gasteiger partial charge in [0.1, 0.15) is 0 Å². The first-order valence-corrected chi connectivity index (χ1v) is 8.65. The van der Waals surface area contributed by atoms with Crippen molar-refractivity contribution in [3.05, 3.63) is 94.8 Å². The minimum atomic E-state index is -0.407. The summed E-state index contributed by atoms with van der Waals surface area (Å²) in [6, 6.07) is 18.0. The molecule has 0 saturated carbocycles. The Hall–Kier alpha value is -3.98. The summed E-state index contributed by atoms with van der Waals surface area (Å²) in [6.45, 7) is 2.38. The molecular weight excluding hydrogens is 352 g/mol. The van der Waals surface area contributed by atoms with Crippen molar-refractivity contribution in [1.82, 2.24) is 10.3 Å². The predicted octanol–water partition coefficient (Wildman–Crippen LogP) is 3.44. The second-order valence-electron chi connectivity index (χ2n) is 6.28. The van der Waals surface area contributed by atoms with Gasteiger partial charge in [0.15, 0.2) is 0 Å². The second-order valence-corrected chi connectivity index (χ2v) is 6.28. The van der Waals surface area contributed by atoms with Crippen LogP contribution >= 0.6 is 0 Å². The standard InChI is InChI=1S/C22H18N4O2/c1-15-4-2-6-17(8-15)12-25-21(27)18-10-19(14-24-13-18)22(28)26-20-7-3-5-16(9-20)11-23/h2-10,13-14H,12H2,1H3,(H,25,27)(H,26,28). The zero-order valence-electron chi connectivity index (χ0n) is 15.3. The van der Waals surface area contributed by atoms with E-state index in [1.54, 1.807) is 24.3 Å². The van der Waals surface area contributed by atoms with E-state index in [9.17, 15) is 9.59 Å². The molecule has 0 aliphatic heterocycles. The number of carbonyl (C=O) groups excluding carboxylic acids is 2. The van der Waals surface area contributed by atoms with E-state index < -0.39 is 5.91 Å². The van der Waals surface area contributed by atoms with E-state index in [4.69, 9.17) is 5.26 Å². The van der Waals surface area contributed by atoms with Gasteiger partial charge in [-0.2, -0.15) is 5.26 Å². The summed E-state index contributed by atoms with van der Waals surface area (Å²) < 4.78 is 0. The van der Waals surface area contributed by atoms with Crippen molar-refractivity contribution in [3.8, 4) is 6.07 Å². The van der Waals surface area contributed by atoms with E-state index in [1.807, 2.05) is 37.3 Å². The van der Waals surface area contributed by atoms with Crippen molar-refractivity contribution >= 4 is 17.5 Å². The monoisotopic (exact) mass is 370 g/mol. The Morgan fingerprint density at radius 1 is 1.00 bits per heavy atom. The van der Waals surface area contributed by atoms with Crippen LogP contribution in [0, 0.1) is 18.3 Å². The van der Waals surface area contributed by atoms with Gasteiger partial charge in [-0.25, -0.2) is 0 Å². The number of benzene rings is 2. The van der Waals surface area contributed by atoms with Crippen molar-refractivity contribution in [2.45, 2.75) is 13.5 Å². The molecule has 2 amide bonds. The minimum absolute atomic E-state index is 0.255. The number of carbonyl (C=O) groups is 2. The lowest BCUT2D eigenvalue weighted by Gasteiger charge is -2.08. The molecule has 1 heterocycles. The summed E-state index contributed by atoms with van der Waals surface area (Å²) in [5, 5.41) is 14.5. The highest BCUT2D eigenvalue weighted by Crippen LogP contribution is 2.12. The molecule has 1 aromatic heterocycles. The van der Waals surface area contributed by atoms with Gasteiger partial charge in [0.2, 0.25) is 0 Å². The summed E-state index contributed by atoms with van der Waals surface area (Å²) >= 11 is 0. The summed E-state index contributed by atoms with van der Waals surface area (Å²) in [5.74, 6) is -0.717. The first kappa shape index (κ1) is 18.8. The Morgan fingerprint density at radius 3 is 2.50 bits per heavy atom. The molecule has 28 heavy (non-hydrogen) atoms. The largest absolute Gasteiger partial charge is 0.348 e. The van der Waals surface area contributed by atoms with Crippen molar-refractivity contribution < 1.29 is 9.59 Å². The fourth-order valence-electron chi connectivity index (χ4n) is 2.66. The number of hydrogen-bond acceptors (Lipinski definition) is 4. The fraction of sp³-hybridized carbons (Fsp3) is 0.0909. The number of pyridine rings is 1. The molecule has 0 atom stereocenters. The molecule has 2 aromatic carbocycles. The SMILES string of the molecule is Cc1cccc(CNC(=O)c2cncc(C(=O)Nc3cccc(C#N)c3)c2)c1. The smallest absolute Gasteiger partial charge is 0.257 e. The molecule has 2 N–H and O–H groups in total. The number of nitrogens with one attached hydrogen (secondary N) is 2. The molecule has 6 heteroatoms. The van der Waals surface area contributed by atoms with Crippen LogP contribution in [0.2, 0.25) is 0 Å². The Kier molecular flexibility index (Phi) is 5.78. The highest BCUT2D eigenvalue weighted by Gasteiger charge is 2.12. The molecule has 3 rings (SSSR count). The van der Waals surface area contributed by atoms with Crippen LogP contribution in [0.4, 0.5) is 5.69 Å². The van der Waals surface area contributed by atoms with Crippen LogP contribution in [-0.2, 0) is 6.54 Å². The Balaban J connectivity index is 1.68. The first-order chi connectivity index (χ1) is 13.5. The van der Waals surface area contributed by atoms with Crippen molar-refractivity contribution in [3.63, 3.8) is 0 Å². The predicted molar refractivity (Wildman–Crippen MR) is 106 cm³/mol. The number of rotatable bonds is 5. The molecule has 0 radical (unpaired) electrons. The van der Waals surface area contributed by atoms with Gasteiger partial charge >= 0.3 is 0 Å². The number of hydrogen-bond donors (Lipinski definition) is 2. The number of aromatic nitrogens is 1. The van der Waals surface area contributed by atoms with Gasteiger partial charge in [-0.05, 0) is 36.8 Å². The van der Waals surface area contributed by atoms with E-state index in [0.717, 1.165) is 11.1 Å².